The summed E-state index contributed by atoms with van der Waals surface area (Å²) in [5, 5.41) is 14.3. The van der Waals surface area contributed by atoms with Crippen LogP contribution in [-0.2, 0) is 6.42 Å². The van der Waals surface area contributed by atoms with Crippen molar-refractivity contribution in [3.63, 3.8) is 0 Å². The van der Waals surface area contributed by atoms with E-state index in [2.05, 4.69) is 26.1 Å². The predicted molar refractivity (Wildman–Crippen MR) is 78.5 cm³/mol. The molecule has 19 heavy (non-hydrogen) atoms. The first-order valence-electron chi connectivity index (χ1n) is 6.91. The molecule has 4 heteroatoms. The fraction of sp³-hybridized carbons (Fsp3) is 0.600. The average Bonchev–Trinajstić information content (AvgIpc) is 2.27. The van der Waals surface area contributed by atoms with Crippen LogP contribution in [0.4, 0.5) is 5.69 Å². The summed E-state index contributed by atoms with van der Waals surface area (Å²) >= 11 is 0. The summed E-state index contributed by atoms with van der Waals surface area (Å²) in [6.07, 6.45) is 2.04. The molecule has 0 bridgehead atoms. The zero-order valence-corrected chi connectivity index (χ0v) is 12.3. The Labute approximate surface area is 115 Å². The second-order valence-electron chi connectivity index (χ2n) is 5.47. The highest BCUT2D eigenvalue weighted by atomic mass is 16.6. The van der Waals surface area contributed by atoms with Crippen molar-refractivity contribution in [2.45, 2.75) is 46.6 Å². The molecule has 1 unspecified atom stereocenters. The average molecular weight is 264 g/mol. The quantitative estimate of drug-likeness (QED) is 0.606. The molecule has 0 saturated heterocycles. The minimum Gasteiger partial charge on any atom is -0.314 e. The number of nitro groups is 1. The lowest BCUT2D eigenvalue weighted by molar-refractivity contribution is -0.385. The maximum Gasteiger partial charge on any atom is 0.272 e. The van der Waals surface area contributed by atoms with Crippen LogP contribution in [0.1, 0.15) is 38.3 Å². The minimum absolute atomic E-state index is 0.201. The molecule has 1 aromatic carbocycles. The van der Waals surface area contributed by atoms with E-state index in [4.69, 9.17) is 0 Å². The number of aryl methyl sites for hydroxylation is 1. The van der Waals surface area contributed by atoms with Gasteiger partial charge >= 0.3 is 0 Å². The summed E-state index contributed by atoms with van der Waals surface area (Å²) < 4.78 is 0. The molecule has 0 saturated carbocycles. The fourth-order valence-electron chi connectivity index (χ4n) is 2.43. The summed E-state index contributed by atoms with van der Waals surface area (Å²) in [5.41, 5.74) is 2.10. The first-order chi connectivity index (χ1) is 8.93. The van der Waals surface area contributed by atoms with Gasteiger partial charge in [-0.25, -0.2) is 0 Å². The molecule has 0 aromatic heterocycles. The number of likely N-dealkylation sites (N-methyl/N-ethyl adjacent to an activating group) is 1. The third kappa shape index (κ3) is 4.99. The molecule has 0 radical (unpaired) electrons. The van der Waals surface area contributed by atoms with Crippen molar-refractivity contribution < 1.29 is 4.92 Å². The molecule has 1 aromatic rings. The van der Waals surface area contributed by atoms with Crippen LogP contribution in [0, 0.1) is 23.0 Å². The van der Waals surface area contributed by atoms with Gasteiger partial charge in [-0.2, -0.15) is 0 Å². The summed E-state index contributed by atoms with van der Waals surface area (Å²) in [4.78, 5) is 10.5. The zero-order chi connectivity index (χ0) is 14.4. The first-order valence-corrected chi connectivity index (χ1v) is 6.91. The van der Waals surface area contributed by atoms with Crippen molar-refractivity contribution in [2.75, 3.05) is 6.54 Å². The maximum absolute atomic E-state index is 10.8. The Hall–Kier alpha value is -1.42. The van der Waals surface area contributed by atoms with Gasteiger partial charge in [0.1, 0.15) is 0 Å². The van der Waals surface area contributed by atoms with Crippen molar-refractivity contribution in [1.82, 2.24) is 5.32 Å². The molecule has 106 valence electrons. The second kappa shape index (κ2) is 7.24. The van der Waals surface area contributed by atoms with E-state index >= 15 is 0 Å². The van der Waals surface area contributed by atoms with Crippen LogP contribution in [0.15, 0.2) is 18.2 Å². The van der Waals surface area contributed by atoms with Gasteiger partial charge in [-0.1, -0.05) is 26.8 Å². The van der Waals surface area contributed by atoms with Gasteiger partial charge in [-0.15, -0.1) is 0 Å². The number of nitrogens with one attached hydrogen (secondary N) is 1. The van der Waals surface area contributed by atoms with E-state index < -0.39 is 0 Å². The van der Waals surface area contributed by atoms with Gasteiger partial charge in [-0.05, 0) is 43.9 Å². The molecular weight excluding hydrogens is 240 g/mol. The van der Waals surface area contributed by atoms with Crippen molar-refractivity contribution >= 4 is 5.69 Å². The van der Waals surface area contributed by atoms with E-state index in [9.17, 15) is 10.1 Å². The molecule has 0 fully saturated rings. The van der Waals surface area contributed by atoms with E-state index in [-0.39, 0.29) is 10.6 Å². The van der Waals surface area contributed by atoms with Crippen molar-refractivity contribution in [1.29, 1.82) is 0 Å². The number of hydrogen-bond acceptors (Lipinski definition) is 3. The van der Waals surface area contributed by atoms with Crippen molar-refractivity contribution in [2.24, 2.45) is 5.92 Å². The monoisotopic (exact) mass is 264 g/mol. The molecule has 0 spiro atoms. The normalized spacial score (nSPS) is 12.7. The molecule has 0 amide bonds. The Bertz CT molecular complexity index is 430. The van der Waals surface area contributed by atoms with Gasteiger partial charge in [-0.3, -0.25) is 10.1 Å². The molecule has 1 N–H and O–H groups in total. The number of nitro benzene ring substituents is 1. The number of nitrogens with zero attached hydrogens (tertiary/aromatic N) is 1. The second-order valence-corrected chi connectivity index (χ2v) is 5.47. The molecule has 0 aliphatic heterocycles. The van der Waals surface area contributed by atoms with E-state index in [1.54, 1.807) is 13.0 Å². The van der Waals surface area contributed by atoms with E-state index in [0.717, 1.165) is 30.5 Å². The highest BCUT2D eigenvalue weighted by molar-refractivity contribution is 5.42. The molecule has 1 atom stereocenters. The van der Waals surface area contributed by atoms with Gasteiger partial charge in [0.25, 0.3) is 5.69 Å². The lowest BCUT2D eigenvalue weighted by atomic mass is 9.96. The Morgan fingerprint density at radius 1 is 1.37 bits per heavy atom. The highest BCUT2D eigenvalue weighted by Crippen LogP contribution is 2.20. The summed E-state index contributed by atoms with van der Waals surface area (Å²) in [6, 6.07) is 5.85. The van der Waals surface area contributed by atoms with Crippen molar-refractivity contribution in [3.8, 4) is 0 Å². The topological polar surface area (TPSA) is 55.2 Å². The van der Waals surface area contributed by atoms with Gasteiger partial charge < -0.3 is 5.32 Å². The van der Waals surface area contributed by atoms with Crippen LogP contribution in [0.2, 0.25) is 0 Å². The molecule has 0 aliphatic carbocycles. The molecule has 4 nitrogen and oxygen atoms in total. The predicted octanol–water partition coefficient (Wildman–Crippen LogP) is 3.47. The lowest BCUT2D eigenvalue weighted by Gasteiger charge is -2.20. The van der Waals surface area contributed by atoms with Crippen LogP contribution in [0.25, 0.3) is 0 Å². The molecular formula is C15H24N2O2. The highest BCUT2D eigenvalue weighted by Gasteiger charge is 2.14. The molecule has 0 aliphatic rings. The first kappa shape index (κ1) is 15.6. The Balaban J connectivity index is 2.79. The number of benzene rings is 1. The zero-order valence-electron chi connectivity index (χ0n) is 12.3. The summed E-state index contributed by atoms with van der Waals surface area (Å²) in [7, 11) is 0. The Morgan fingerprint density at radius 3 is 2.53 bits per heavy atom. The summed E-state index contributed by atoms with van der Waals surface area (Å²) in [5.74, 6) is 0.642. The third-order valence-corrected chi connectivity index (χ3v) is 3.19. The van der Waals surface area contributed by atoms with Crippen LogP contribution in [0.3, 0.4) is 0 Å². The van der Waals surface area contributed by atoms with Gasteiger partial charge in [0.05, 0.1) is 4.92 Å². The third-order valence-electron chi connectivity index (χ3n) is 3.19. The maximum atomic E-state index is 10.8. The van der Waals surface area contributed by atoms with Crippen LogP contribution in [0.5, 0.6) is 0 Å². The van der Waals surface area contributed by atoms with Gasteiger partial charge in [0, 0.05) is 17.7 Å². The number of hydrogen-bond donors (Lipinski definition) is 1. The standard InChI is InChI=1S/C15H24N2O2/c1-5-16-14(8-11(2)3)10-13-6-7-15(17(18)19)12(4)9-13/h6-7,9,11,14,16H,5,8,10H2,1-4H3. The van der Waals surface area contributed by atoms with E-state index in [0.29, 0.717) is 12.0 Å². The van der Waals surface area contributed by atoms with Gasteiger partial charge in [0.15, 0.2) is 0 Å². The Kier molecular flexibility index (Phi) is 5.96. The summed E-state index contributed by atoms with van der Waals surface area (Å²) in [6.45, 7) is 9.28. The number of rotatable bonds is 7. The van der Waals surface area contributed by atoms with E-state index in [1.807, 2.05) is 12.1 Å². The van der Waals surface area contributed by atoms with Crippen LogP contribution < -0.4 is 5.32 Å². The SMILES string of the molecule is CCNC(Cc1ccc([N+](=O)[O-])c(C)c1)CC(C)C. The smallest absolute Gasteiger partial charge is 0.272 e. The van der Waals surface area contributed by atoms with Crippen LogP contribution >= 0.6 is 0 Å². The largest absolute Gasteiger partial charge is 0.314 e. The Morgan fingerprint density at radius 2 is 2.05 bits per heavy atom. The van der Waals surface area contributed by atoms with Gasteiger partial charge in [0.2, 0.25) is 0 Å². The fourth-order valence-corrected chi connectivity index (χ4v) is 2.43. The van der Waals surface area contributed by atoms with Crippen LogP contribution in [-0.4, -0.2) is 17.5 Å². The van der Waals surface area contributed by atoms with Crippen molar-refractivity contribution in [3.05, 3.63) is 39.4 Å². The molecule has 0 heterocycles. The minimum atomic E-state index is -0.324. The van der Waals surface area contributed by atoms with E-state index in [1.165, 1.54) is 0 Å². The lowest BCUT2D eigenvalue weighted by Crippen LogP contribution is -2.32. The molecule has 1 rings (SSSR count).